The smallest absolute Gasteiger partial charge is 0.340 e. The molecule has 0 saturated carbocycles. The maximum absolute atomic E-state index is 13.2. The van der Waals surface area contributed by atoms with Crippen LogP contribution in [0.4, 0.5) is 0 Å². The summed E-state index contributed by atoms with van der Waals surface area (Å²) in [6, 6.07) is -6.92. The van der Waals surface area contributed by atoms with Crippen LogP contribution in [0.25, 0.3) is 10.9 Å². The van der Waals surface area contributed by atoms with Crippen molar-refractivity contribution in [3.8, 4) is 0 Å². The van der Waals surface area contributed by atoms with E-state index in [-0.39, 0.29) is 27.9 Å². The highest BCUT2D eigenvalue weighted by molar-refractivity contribution is 6.04. The number of carbonyl (C=O) groups excluding carboxylic acids is 1. The number of para-hydroxylation sites is 1. The Kier molecular flexibility index (Phi) is 1.13. The van der Waals surface area contributed by atoms with Crippen LogP contribution in [-0.4, -0.2) is 41.0 Å². The van der Waals surface area contributed by atoms with Crippen LogP contribution in [0, 0.1) is 0 Å². The molecule has 21 heavy (non-hydrogen) atoms. The number of nitrogens with one attached hydrogen (secondary N) is 1. The molecular weight excluding hydrogens is 264 g/mol. The average molecular weight is 298 g/mol. The standard InChI is InChI=1S/C17H20N2O2/c1-19-11-6-7-12(19)9-13(8-11)21-17(20)15-10-18-16-5-3-2-4-14(15)16/h2-5,10-13,18H,6-9H2,1H3/t11-,12+,13?/i3D,4D,5D,6D2,7D2,8D2,9D2,11D,12D,13D. The number of hydrogen-bond donors (Lipinski definition) is 1. The molecule has 4 rings (SSSR count). The lowest BCUT2D eigenvalue weighted by Gasteiger charge is -2.35. The van der Waals surface area contributed by atoms with Crippen LogP contribution in [-0.2, 0) is 4.74 Å². The molecule has 3 atom stereocenters. The summed E-state index contributed by atoms with van der Waals surface area (Å²) in [6.07, 6.45) is -17.4. The zero-order chi connectivity index (χ0) is 26.9. The Morgan fingerprint density at radius 2 is 2.24 bits per heavy atom. The summed E-state index contributed by atoms with van der Waals surface area (Å²) in [6.45, 7) is 0. The van der Waals surface area contributed by atoms with E-state index in [1.807, 2.05) is 0 Å². The number of carbonyl (C=O) groups is 1. The summed E-state index contributed by atoms with van der Waals surface area (Å²) in [5.41, 5.74) is -0.642. The monoisotopic (exact) mass is 298 g/mol. The Hall–Kier alpha value is -1.81. The Morgan fingerprint density at radius 1 is 1.48 bits per heavy atom. The predicted molar refractivity (Wildman–Crippen MR) is 81.3 cm³/mol. The highest BCUT2D eigenvalue weighted by Crippen LogP contribution is 2.35. The molecule has 1 N–H and O–H groups in total. The van der Waals surface area contributed by atoms with Crippen LogP contribution in [0.5, 0.6) is 0 Å². The van der Waals surface area contributed by atoms with Gasteiger partial charge in [-0.15, -0.1) is 0 Å². The molecule has 4 heteroatoms. The number of rotatable bonds is 2. The van der Waals surface area contributed by atoms with Crippen molar-refractivity contribution in [2.24, 2.45) is 0 Å². The fourth-order valence-corrected chi connectivity index (χ4v) is 2.12. The molecule has 4 nitrogen and oxygen atoms in total. The fraction of sp³-hybridized carbons (Fsp3) is 0.471. The number of benzene rings is 1. The molecular formula is C17H20N2O2. The molecule has 2 fully saturated rings. The topological polar surface area (TPSA) is 45.3 Å². The maximum Gasteiger partial charge on any atom is 0.340 e. The van der Waals surface area contributed by atoms with Gasteiger partial charge in [0.15, 0.2) is 0 Å². The van der Waals surface area contributed by atoms with E-state index in [1.165, 1.54) is 0 Å². The van der Waals surface area contributed by atoms with Gasteiger partial charge in [-0.1, -0.05) is 18.2 Å². The number of aromatic nitrogens is 1. The minimum atomic E-state index is -3.81. The Labute approximate surface area is 143 Å². The van der Waals surface area contributed by atoms with Crippen molar-refractivity contribution in [2.75, 3.05) is 7.05 Å². The average Bonchev–Trinajstić information content (AvgIpc) is 3.22. The van der Waals surface area contributed by atoms with Gasteiger partial charge in [-0.25, -0.2) is 4.79 Å². The minimum Gasteiger partial charge on any atom is -0.459 e. The van der Waals surface area contributed by atoms with Crippen molar-refractivity contribution in [1.82, 2.24) is 9.88 Å². The van der Waals surface area contributed by atoms with Crippen molar-refractivity contribution in [2.45, 2.75) is 43.6 Å². The van der Waals surface area contributed by atoms with Crippen molar-refractivity contribution < 1.29 is 28.7 Å². The molecule has 1 aromatic carbocycles. The number of nitrogens with zero attached hydrogens (tertiary/aromatic N) is 1. The third-order valence-corrected chi connectivity index (χ3v) is 3.21. The van der Waals surface area contributed by atoms with E-state index >= 15 is 0 Å². The van der Waals surface area contributed by atoms with E-state index < -0.39 is 61.2 Å². The zero-order valence-electron chi connectivity index (χ0n) is 24.9. The second-order valence-corrected chi connectivity index (χ2v) is 4.49. The molecule has 0 amide bonds. The van der Waals surface area contributed by atoms with Crippen LogP contribution in [0.3, 0.4) is 0 Å². The number of aromatic amines is 1. The first-order valence-corrected chi connectivity index (χ1v) is 6.16. The van der Waals surface area contributed by atoms with Gasteiger partial charge in [-0.2, -0.15) is 0 Å². The Balaban J connectivity index is 1.94. The van der Waals surface area contributed by atoms with E-state index in [2.05, 4.69) is 4.98 Å². The van der Waals surface area contributed by atoms with E-state index in [0.717, 1.165) is 19.3 Å². The van der Waals surface area contributed by atoms with Crippen LogP contribution in [0.1, 0.15) is 55.0 Å². The summed E-state index contributed by atoms with van der Waals surface area (Å²) in [4.78, 5) is 15.9. The predicted octanol–water partition coefficient (Wildman–Crippen LogP) is 2.95. The molecule has 2 saturated heterocycles. The van der Waals surface area contributed by atoms with Crippen LogP contribution in [0.2, 0.25) is 0 Å². The zero-order valence-corrected chi connectivity index (χ0v) is 10.9. The largest absolute Gasteiger partial charge is 0.459 e. The highest BCUT2D eigenvalue weighted by Gasteiger charge is 2.40. The quantitative estimate of drug-likeness (QED) is 0.867. The molecule has 2 aliphatic heterocycles. The molecule has 2 aromatic rings. The number of ether oxygens (including phenoxy) is 1. The van der Waals surface area contributed by atoms with Gasteiger partial charge >= 0.3 is 5.97 Å². The first-order valence-electron chi connectivity index (χ1n) is 13.2. The first kappa shape index (κ1) is 4.85. The number of H-pyrrole nitrogens is 1. The summed E-state index contributed by atoms with van der Waals surface area (Å²) in [5, 5.41) is -0.233. The first-order chi connectivity index (χ1) is 15.6. The van der Waals surface area contributed by atoms with E-state index in [0.29, 0.717) is 0 Å². The van der Waals surface area contributed by atoms with Gasteiger partial charge in [0.2, 0.25) is 0 Å². The highest BCUT2D eigenvalue weighted by atomic mass is 16.5. The molecule has 1 aromatic heterocycles. The second-order valence-electron chi connectivity index (χ2n) is 4.49. The van der Waals surface area contributed by atoms with Crippen LogP contribution >= 0.6 is 0 Å². The SMILES string of the molecule is [2H]c1cc([2H])c2c(C(=O)OC3([2H])C([2H])([2H])[C@]4([2H])N(C)[C@]([2H])(C3([2H])[2H])C([2H])([2H])C4([2H])[2H])c[nH]c2c1[2H]. The number of piperidine rings is 1. The normalized spacial score (nSPS) is 58.7. The molecule has 1 unspecified atom stereocenters. The fourth-order valence-electron chi connectivity index (χ4n) is 2.12. The van der Waals surface area contributed by atoms with Crippen molar-refractivity contribution in [3.05, 3.63) is 36.0 Å². The molecule has 2 bridgehead atoms. The molecule has 0 aliphatic carbocycles. The Bertz CT molecular complexity index is 1240. The Morgan fingerprint density at radius 3 is 3.00 bits per heavy atom. The molecule has 2 aliphatic rings. The number of hydrogen-bond acceptors (Lipinski definition) is 3. The van der Waals surface area contributed by atoms with Crippen molar-refractivity contribution in [1.29, 1.82) is 0 Å². The van der Waals surface area contributed by atoms with E-state index in [9.17, 15) is 4.79 Å². The second kappa shape index (κ2) is 4.88. The van der Waals surface area contributed by atoms with Gasteiger partial charge in [0.1, 0.15) is 6.08 Å². The summed E-state index contributed by atoms with van der Waals surface area (Å²) < 4.78 is 121. The lowest BCUT2D eigenvalue weighted by molar-refractivity contribution is -0.000258. The van der Waals surface area contributed by atoms with Crippen molar-refractivity contribution in [3.63, 3.8) is 0 Å². The lowest BCUT2D eigenvalue weighted by atomic mass is 10.0. The number of esters is 1. The summed E-state index contributed by atoms with van der Waals surface area (Å²) in [7, 11) is 0.806. The molecule has 0 spiro atoms. The lowest BCUT2D eigenvalue weighted by Crippen LogP contribution is -2.43. The molecule has 0 radical (unpaired) electrons. The molecule has 3 heterocycles. The van der Waals surface area contributed by atoms with Gasteiger partial charge in [0, 0.05) is 55.6 Å². The van der Waals surface area contributed by atoms with Gasteiger partial charge in [-0.05, 0) is 25.8 Å². The van der Waals surface area contributed by atoms with Crippen molar-refractivity contribution >= 4 is 16.9 Å². The molecule has 110 valence electrons. The third kappa shape index (κ3) is 2.14. The van der Waals surface area contributed by atoms with Crippen LogP contribution in [0.15, 0.2) is 30.4 Å². The van der Waals surface area contributed by atoms with Gasteiger partial charge < -0.3 is 14.6 Å². The number of fused-ring (bicyclic) bond motifs is 3. The van der Waals surface area contributed by atoms with Gasteiger partial charge in [0.25, 0.3) is 0 Å². The minimum absolute atomic E-state index is 0.121. The van der Waals surface area contributed by atoms with Gasteiger partial charge in [0.05, 0.1) is 11.0 Å². The van der Waals surface area contributed by atoms with E-state index in [4.69, 9.17) is 23.9 Å². The van der Waals surface area contributed by atoms with E-state index in [1.54, 1.807) is 0 Å². The van der Waals surface area contributed by atoms with Crippen LogP contribution < -0.4 is 0 Å². The summed E-state index contributed by atoms with van der Waals surface area (Å²) in [5.74, 6) is -1.58. The summed E-state index contributed by atoms with van der Waals surface area (Å²) >= 11 is 0. The van der Waals surface area contributed by atoms with Gasteiger partial charge in [-0.3, -0.25) is 0 Å². The maximum atomic E-state index is 13.2. The third-order valence-electron chi connectivity index (χ3n) is 3.21.